The lowest BCUT2D eigenvalue weighted by Gasteiger charge is -2.02. The Morgan fingerprint density at radius 1 is 1.23 bits per heavy atom. The van der Waals surface area contributed by atoms with Gasteiger partial charge >= 0.3 is 0 Å². The maximum Gasteiger partial charge on any atom is 0.276 e. The number of nitrogens with zero attached hydrogens (tertiary/aromatic N) is 2. The minimum absolute atomic E-state index is 0.0713. The van der Waals surface area contributed by atoms with E-state index in [2.05, 4.69) is 5.32 Å². The van der Waals surface area contributed by atoms with Gasteiger partial charge in [0.2, 0.25) is 5.91 Å². The van der Waals surface area contributed by atoms with Crippen LogP contribution in [0.5, 0.6) is 0 Å². The number of para-hydroxylation sites is 1. The Hall–Kier alpha value is -3.46. The number of hydrogen-bond acceptors (Lipinski definition) is 4. The molecule has 22 heavy (non-hydrogen) atoms. The molecule has 108 valence electrons. The number of nitriles is 1. The fourth-order valence-electron chi connectivity index (χ4n) is 1.81. The molecule has 0 atom stereocenters. The lowest BCUT2D eigenvalue weighted by molar-refractivity contribution is -0.385. The van der Waals surface area contributed by atoms with Crippen LogP contribution in [0.15, 0.2) is 54.6 Å². The average Bonchev–Trinajstić information content (AvgIpc) is 2.53. The van der Waals surface area contributed by atoms with Gasteiger partial charge in [-0.25, -0.2) is 0 Å². The molecule has 0 aliphatic heterocycles. The summed E-state index contributed by atoms with van der Waals surface area (Å²) in [6.07, 6.45) is 2.59. The van der Waals surface area contributed by atoms with E-state index in [1.165, 1.54) is 24.3 Å². The molecule has 6 heteroatoms. The molecule has 0 radical (unpaired) electrons. The van der Waals surface area contributed by atoms with Gasteiger partial charge in [0.15, 0.2) is 0 Å². The van der Waals surface area contributed by atoms with Crippen molar-refractivity contribution in [3.05, 3.63) is 75.8 Å². The van der Waals surface area contributed by atoms with Gasteiger partial charge < -0.3 is 5.32 Å². The third kappa shape index (κ3) is 3.77. The van der Waals surface area contributed by atoms with Gasteiger partial charge in [0.25, 0.3) is 5.69 Å². The van der Waals surface area contributed by atoms with Crippen molar-refractivity contribution in [1.29, 1.82) is 5.26 Å². The minimum Gasteiger partial charge on any atom is -0.322 e. The summed E-state index contributed by atoms with van der Waals surface area (Å²) in [6, 6.07) is 14.6. The third-order valence-electron chi connectivity index (χ3n) is 2.81. The number of amides is 1. The number of anilines is 1. The Balaban J connectivity index is 2.12. The van der Waals surface area contributed by atoms with Crippen molar-refractivity contribution in [2.75, 3.05) is 5.32 Å². The molecule has 0 heterocycles. The molecule has 0 aliphatic rings. The first kappa shape index (κ1) is 14.9. The predicted octanol–water partition coefficient (Wildman–Crippen LogP) is 3.12. The molecule has 2 aromatic rings. The van der Waals surface area contributed by atoms with E-state index < -0.39 is 10.8 Å². The Morgan fingerprint density at radius 2 is 2.00 bits per heavy atom. The van der Waals surface area contributed by atoms with E-state index >= 15 is 0 Å². The van der Waals surface area contributed by atoms with Gasteiger partial charge in [-0.2, -0.15) is 5.26 Å². The fourth-order valence-corrected chi connectivity index (χ4v) is 1.81. The van der Waals surface area contributed by atoms with Crippen LogP contribution in [0.1, 0.15) is 11.1 Å². The number of carbonyl (C=O) groups excluding carboxylic acids is 1. The first-order valence-corrected chi connectivity index (χ1v) is 6.33. The largest absolute Gasteiger partial charge is 0.322 e. The van der Waals surface area contributed by atoms with Crippen LogP contribution in [0.25, 0.3) is 6.08 Å². The standard InChI is InChI=1S/C16H11N3O3/c17-11-12-4-3-6-14(10-12)18-16(20)9-8-13-5-1-2-7-15(13)19(21)22/h1-10H,(H,18,20)/b9-8+. The zero-order valence-electron chi connectivity index (χ0n) is 11.4. The molecule has 0 unspecified atom stereocenters. The number of rotatable bonds is 4. The molecule has 0 aromatic heterocycles. The number of benzene rings is 2. The zero-order chi connectivity index (χ0) is 15.9. The highest BCUT2D eigenvalue weighted by Crippen LogP contribution is 2.19. The van der Waals surface area contributed by atoms with Gasteiger partial charge in [-0.1, -0.05) is 18.2 Å². The molecule has 0 saturated heterocycles. The fraction of sp³-hybridized carbons (Fsp3) is 0. The van der Waals surface area contributed by atoms with Crippen LogP contribution >= 0.6 is 0 Å². The van der Waals surface area contributed by atoms with E-state index in [1.807, 2.05) is 6.07 Å². The minimum atomic E-state index is -0.506. The van der Waals surface area contributed by atoms with Crippen LogP contribution in [0.3, 0.4) is 0 Å². The smallest absolute Gasteiger partial charge is 0.276 e. The predicted molar refractivity (Wildman–Crippen MR) is 81.9 cm³/mol. The third-order valence-corrected chi connectivity index (χ3v) is 2.81. The maximum atomic E-state index is 11.8. The summed E-state index contributed by atoms with van der Waals surface area (Å²) in [5.74, 6) is -0.437. The first-order chi connectivity index (χ1) is 10.6. The van der Waals surface area contributed by atoms with Crippen molar-refractivity contribution in [3.63, 3.8) is 0 Å². The second kappa shape index (κ2) is 6.81. The number of carbonyl (C=O) groups is 1. The summed E-state index contributed by atoms with van der Waals surface area (Å²) in [4.78, 5) is 22.2. The summed E-state index contributed by atoms with van der Waals surface area (Å²) in [6.45, 7) is 0. The van der Waals surface area contributed by atoms with Crippen LogP contribution in [-0.2, 0) is 4.79 Å². The highest BCUT2D eigenvalue weighted by atomic mass is 16.6. The number of hydrogen-bond donors (Lipinski definition) is 1. The van der Waals surface area contributed by atoms with Gasteiger partial charge in [0, 0.05) is 17.8 Å². The number of nitro benzene ring substituents is 1. The second-order valence-electron chi connectivity index (χ2n) is 4.33. The molecule has 2 aromatic carbocycles. The van der Waals surface area contributed by atoms with Crippen LogP contribution < -0.4 is 5.32 Å². The van der Waals surface area contributed by atoms with E-state index in [-0.39, 0.29) is 5.69 Å². The molecule has 2 rings (SSSR count). The molecule has 0 fully saturated rings. The number of nitro groups is 1. The van der Waals surface area contributed by atoms with Crippen molar-refractivity contribution in [3.8, 4) is 6.07 Å². The van der Waals surface area contributed by atoms with Crippen LogP contribution in [0, 0.1) is 21.4 Å². The first-order valence-electron chi connectivity index (χ1n) is 6.33. The molecular weight excluding hydrogens is 282 g/mol. The molecule has 6 nitrogen and oxygen atoms in total. The van der Waals surface area contributed by atoms with Gasteiger partial charge in [-0.15, -0.1) is 0 Å². The summed E-state index contributed by atoms with van der Waals surface area (Å²) >= 11 is 0. The second-order valence-corrected chi connectivity index (χ2v) is 4.33. The van der Waals surface area contributed by atoms with Crippen molar-refractivity contribution in [2.24, 2.45) is 0 Å². The van der Waals surface area contributed by atoms with Gasteiger partial charge in [-0.3, -0.25) is 14.9 Å². The average molecular weight is 293 g/mol. The van der Waals surface area contributed by atoms with Crippen molar-refractivity contribution in [2.45, 2.75) is 0 Å². The monoisotopic (exact) mass is 293 g/mol. The summed E-state index contributed by atoms with van der Waals surface area (Å²) in [5, 5.41) is 22.2. The van der Waals surface area contributed by atoms with Crippen LogP contribution in [-0.4, -0.2) is 10.8 Å². The number of nitrogens with one attached hydrogen (secondary N) is 1. The quantitative estimate of drug-likeness (QED) is 0.532. The lowest BCUT2D eigenvalue weighted by atomic mass is 10.1. The lowest BCUT2D eigenvalue weighted by Crippen LogP contribution is -2.07. The molecule has 0 saturated carbocycles. The Morgan fingerprint density at radius 3 is 2.73 bits per heavy atom. The Bertz CT molecular complexity index is 791. The molecule has 0 spiro atoms. The summed E-state index contributed by atoms with van der Waals surface area (Å²) in [7, 11) is 0. The highest BCUT2D eigenvalue weighted by molar-refractivity contribution is 6.02. The highest BCUT2D eigenvalue weighted by Gasteiger charge is 2.09. The van der Waals surface area contributed by atoms with E-state index in [9.17, 15) is 14.9 Å². The van der Waals surface area contributed by atoms with Crippen molar-refractivity contribution >= 4 is 23.4 Å². The van der Waals surface area contributed by atoms with Gasteiger partial charge in [0.05, 0.1) is 22.1 Å². The van der Waals surface area contributed by atoms with E-state index in [4.69, 9.17) is 5.26 Å². The van der Waals surface area contributed by atoms with Crippen LogP contribution in [0.2, 0.25) is 0 Å². The van der Waals surface area contributed by atoms with Crippen LogP contribution in [0.4, 0.5) is 11.4 Å². The Labute approximate surface area is 126 Å². The van der Waals surface area contributed by atoms with E-state index in [0.29, 0.717) is 16.8 Å². The molecule has 0 bridgehead atoms. The maximum absolute atomic E-state index is 11.8. The van der Waals surface area contributed by atoms with Crippen molar-refractivity contribution in [1.82, 2.24) is 0 Å². The Kier molecular flexibility index (Phi) is 4.63. The topological polar surface area (TPSA) is 96.0 Å². The van der Waals surface area contributed by atoms with E-state index in [1.54, 1.807) is 36.4 Å². The summed E-state index contributed by atoms with van der Waals surface area (Å²) in [5.41, 5.74) is 1.18. The van der Waals surface area contributed by atoms with Gasteiger partial charge in [-0.05, 0) is 30.3 Å². The molecule has 1 amide bonds. The molecule has 1 N–H and O–H groups in total. The zero-order valence-corrected chi connectivity index (χ0v) is 11.4. The molecule has 0 aliphatic carbocycles. The van der Waals surface area contributed by atoms with Crippen molar-refractivity contribution < 1.29 is 9.72 Å². The SMILES string of the molecule is N#Cc1cccc(NC(=O)/C=C/c2ccccc2[N+](=O)[O-])c1. The molecular formula is C16H11N3O3. The summed E-state index contributed by atoms with van der Waals surface area (Å²) < 4.78 is 0. The van der Waals surface area contributed by atoms with E-state index in [0.717, 1.165) is 0 Å². The van der Waals surface area contributed by atoms with Gasteiger partial charge in [0.1, 0.15) is 0 Å². The normalized spacial score (nSPS) is 10.1.